The number of carbonyl (C=O) groups excluding carboxylic acids is 3. The van der Waals surface area contributed by atoms with Gasteiger partial charge in [0.25, 0.3) is 5.91 Å². The van der Waals surface area contributed by atoms with E-state index in [-0.39, 0.29) is 50.1 Å². The molecule has 0 bridgehead atoms. The van der Waals surface area contributed by atoms with Crippen LogP contribution in [0.25, 0.3) is 0 Å². The van der Waals surface area contributed by atoms with Crippen molar-refractivity contribution >= 4 is 35.5 Å². The largest absolute Gasteiger partial charge is 0.481 e. The molecular formula is C20H27N5O6. The lowest BCUT2D eigenvalue weighted by molar-refractivity contribution is -0.139. The number of anilines is 1. The first-order valence-corrected chi connectivity index (χ1v) is 9.65. The van der Waals surface area contributed by atoms with Crippen LogP contribution in [0, 0.1) is 5.41 Å². The average molecular weight is 433 g/mol. The van der Waals surface area contributed by atoms with Crippen molar-refractivity contribution in [2.24, 2.45) is 5.73 Å². The van der Waals surface area contributed by atoms with Crippen LogP contribution >= 0.6 is 0 Å². The van der Waals surface area contributed by atoms with Crippen molar-refractivity contribution in [1.29, 1.82) is 5.41 Å². The lowest BCUT2D eigenvalue weighted by Crippen LogP contribution is -2.52. The zero-order chi connectivity index (χ0) is 23.3. The number of amides is 3. The third-order valence-electron chi connectivity index (χ3n) is 4.39. The van der Waals surface area contributed by atoms with E-state index in [1.807, 2.05) is 0 Å². The van der Waals surface area contributed by atoms with Crippen LogP contribution in [0.3, 0.4) is 0 Å². The monoisotopic (exact) mass is 433 g/mol. The van der Waals surface area contributed by atoms with Gasteiger partial charge in [-0.25, -0.2) is 9.69 Å². The second kappa shape index (κ2) is 9.45. The van der Waals surface area contributed by atoms with Crippen molar-refractivity contribution in [3.63, 3.8) is 0 Å². The van der Waals surface area contributed by atoms with Crippen molar-refractivity contribution in [2.75, 3.05) is 31.1 Å². The first-order valence-electron chi connectivity index (χ1n) is 9.65. The molecule has 3 amide bonds. The number of nitrogens with two attached hydrogens (primary N) is 1. The van der Waals surface area contributed by atoms with E-state index >= 15 is 0 Å². The number of ether oxygens (including phenoxy) is 1. The Labute approximate surface area is 179 Å². The van der Waals surface area contributed by atoms with Gasteiger partial charge in [0.05, 0.1) is 12.1 Å². The third kappa shape index (κ3) is 6.43. The summed E-state index contributed by atoms with van der Waals surface area (Å²) in [6, 6.07) is 5.87. The van der Waals surface area contributed by atoms with Gasteiger partial charge in [-0.05, 0) is 45.0 Å². The number of rotatable bonds is 5. The fourth-order valence-corrected chi connectivity index (χ4v) is 2.93. The van der Waals surface area contributed by atoms with Gasteiger partial charge in [-0.2, -0.15) is 0 Å². The Kier molecular flexibility index (Phi) is 7.21. The average Bonchev–Trinajstić information content (AvgIpc) is 2.65. The van der Waals surface area contributed by atoms with Crippen LogP contribution in [0.4, 0.5) is 10.5 Å². The van der Waals surface area contributed by atoms with E-state index in [9.17, 15) is 19.2 Å². The highest BCUT2D eigenvalue weighted by molar-refractivity contribution is 6.12. The Morgan fingerprint density at radius 2 is 1.81 bits per heavy atom. The number of carboxylic acid groups (broad SMARTS) is 1. The van der Waals surface area contributed by atoms with Crippen LogP contribution in [0.2, 0.25) is 0 Å². The lowest BCUT2D eigenvalue weighted by atomic mass is 10.1. The summed E-state index contributed by atoms with van der Waals surface area (Å²) in [5.41, 5.74) is 5.30. The molecule has 11 nitrogen and oxygen atoms in total. The van der Waals surface area contributed by atoms with Crippen molar-refractivity contribution in [2.45, 2.75) is 32.8 Å². The number of nitrogens with one attached hydrogen (secondary N) is 1. The van der Waals surface area contributed by atoms with Crippen LogP contribution in [0.5, 0.6) is 0 Å². The molecule has 1 heterocycles. The first-order chi connectivity index (χ1) is 14.4. The number of hydrogen-bond donors (Lipinski definition) is 3. The minimum atomic E-state index is -0.989. The number of nitrogens with zero attached hydrogens (tertiary/aromatic N) is 3. The summed E-state index contributed by atoms with van der Waals surface area (Å²) >= 11 is 0. The molecule has 4 N–H and O–H groups in total. The van der Waals surface area contributed by atoms with E-state index in [0.717, 1.165) is 4.90 Å². The van der Waals surface area contributed by atoms with Crippen LogP contribution in [-0.4, -0.2) is 76.5 Å². The molecule has 1 aliphatic rings. The molecule has 0 aromatic heterocycles. The molecule has 1 aromatic rings. The van der Waals surface area contributed by atoms with E-state index < -0.39 is 23.6 Å². The van der Waals surface area contributed by atoms with Gasteiger partial charge in [-0.3, -0.25) is 19.8 Å². The van der Waals surface area contributed by atoms with E-state index in [2.05, 4.69) is 0 Å². The Morgan fingerprint density at radius 3 is 2.29 bits per heavy atom. The molecule has 0 radical (unpaired) electrons. The molecule has 0 aliphatic carbocycles. The predicted octanol–water partition coefficient (Wildman–Crippen LogP) is 1.08. The maximum absolute atomic E-state index is 12.7. The van der Waals surface area contributed by atoms with E-state index in [1.54, 1.807) is 20.8 Å². The third-order valence-corrected chi connectivity index (χ3v) is 4.39. The molecule has 31 heavy (non-hydrogen) atoms. The van der Waals surface area contributed by atoms with Gasteiger partial charge in [-0.1, -0.05) is 0 Å². The minimum Gasteiger partial charge on any atom is -0.481 e. The number of benzene rings is 1. The highest BCUT2D eigenvalue weighted by atomic mass is 16.6. The van der Waals surface area contributed by atoms with Gasteiger partial charge in [0.2, 0.25) is 11.9 Å². The molecule has 168 valence electrons. The summed E-state index contributed by atoms with van der Waals surface area (Å²) in [7, 11) is 0. The number of aliphatic carboxylic acids is 1. The molecule has 1 aromatic carbocycles. The van der Waals surface area contributed by atoms with Gasteiger partial charge in [0, 0.05) is 25.2 Å². The molecule has 0 unspecified atom stereocenters. The summed E-state index contributed by atoms with van der Waals surface area (Å²) < 4.78 is 5.26. The van der Waals surface area contributed by atoms with Gasteiger partial charge in [-0.15, -0.1) is 0 Å². The summed E-state index contributed by atoms with van der Waals surface area (Å²) in [5.74, 6) is -2.21. The van der Waals surface area contributed by atoms with Crippen LogP contribution in [-0.2, 0) is 14.3 Å². The Bertz CT molecular complexity index is 877. The van der Waals surface area contributed by atoms with Gasteiger partial charge in [0.15, 0.2) is 0 Å². The normalized spacial score (nSPS) is 14.2. The number of guanidine groups is 1. The Hall–Kier alpha value is -3.63. The van der Waals surface area contributed by atoms with Gasteiger partial charge < -0.3 is 25.4 Å². The minimum absolute atomic E-state index is 0.108. The van der Waals surface area contributed by atoms with Crippen LogP contribution in [0.1, 0.15) is 37.6 Å². The molecule has 0 saturated carbocycles. The lowest BCUT2D eigenvalue weighted by Gasteiger charge is -2.34. The Balaban J connectivity index is 2.08. The van der Waals surface area contributed by atoms with Crippen molar-refractivity contribution < 1.29 is 29.0 Å². The maximum atomic E-state index is 12.7. The second-order valence-electron chi connectivity index (χ2n) is 8.00. The fraction of sp³-hybridized carbons (Fsp3) is 0.450. The van der Waals surface area contributed by atoms with Crippen molar-refractivity contribution in [1.82, 2.24) is 9.80 Å². The number of carbonyl (C=O) groups is 4. The van der Waals surface area contributed by atoms with Crippen molar-refractivity contribution in [3.8, 4) is 0 Å². The molecule has 11 heteroatoms. The Morgan fingerprint density at radius 1 is 1.19 bits per heavy atom. The van der Waals surface area contributed by atoms with Crippen LogP contribution < -0.4 is 10.6 Å². The summed E-state index contributed by atoms with van der Waals surface area (Å²) in [6.07, 6.45) is -0.965. The first kappa shape index (κ1) is 23.6. The number of hydrogen-bond acceptors (Lipinski definition) is 6. The molecule has 0 atom stereocenters. The molecule has 1 fully saturated rings. The van der Waals surface area contributed by atoms with Crippen LogP contribution in [0.15, 0.2) is 24.3 Å². The SMILES string of the molecule is CC(C)(C)OC(=O)N(C(=N)N)c1ccc(C(=O)N2CCN(CCC(=O)O)C(=O)C2)cc1. The standard InChI is InChI=1S/C20H27N5O6/c1-20(2,3)31-19(30)25(18(21)22)14-6-4-13(5-7-14)17(29)24-11-10-23(15(26)12-24)9-8-16(27)28/h4-7H,8-12H2,1-3H3,(H3,21,22)(H,27,28). The fourth-order valence-electron chi connectivity index (χ4n) is 2.93. The number of piperazine rings is 1. The predicted molar refractivity (Wildman–Crippen MR) is 112 cm³/mol. The van der Waals surface area contributed by atoms with Crippen molar-refractivity contribution in [3.05, 3.63) is 29.8 Å². The number of carboxylic acids is 1. The van der Waals surface area contributed by atoms with E-state index in [4.69, 9.17) is 21.0 Å². The summed E-state index contributed by atoms with van der Waals surface area (Å²) in [5, 5.41) is 16.4. The quantitative estimate of drug-likeness (QED) is 0.463. The molecular weight excluding hydrogens is 406 g/mol. The van der Waals surface area contributed by atoms with E-state index in [0.29, 0.717) is 5.56 Å². The molecule has 1 aliphatic heterocycles. The van der Waals surface area contributed by atoms with E-state index in [1.165, 1.54) is 34.1 Å². The smallest absolute Gasteiger partial charge is 0.421 e. The molecule has 0 spiro atoms. The topological polar surface area (TPSA) is 157 Å². The molecule has 1 saturated heterocycles. The maximum Gasteiger partial charge on any atom is 0.421 e. The zero-order valence-electron chi connectivity index (χ0n) is 17.8. The second-order valence-corrected chi connectivity index (χ2v) is 8.00. The highest BCUT2D eigenvalue weighted by Gasteiger charge is 2.29. The van der Waals surface area contributed by atoms with Gasteiger partial charge >= 0.3 is 12.1 Å². The summed E-state index contributed by atoms with van der Waals surface area (Å²) in [6.45, 7) is 5.57. The highest BCUT2D eigenvalue weighted by Crippen LogP contribution is 2.20. The molecule has 2 rings (SSSR count). The summed E-state index contributed by atoms with van der Waals surface area (Å²) in [4.78, 5) is 51.7. The zero-order valence-corrected chi connectivity index (χ0v) is 17.8. The van der Waals surface area contributed by atoms with Gasteiger partial charge in [0.1, 0.15) is 12.1 Å².